The Morgan fingerprint density at radius 2 is 0.895 bits per heavy atom. The molecule has 1 spiro atoms. The van der Waals surface area contributed by atoms with Gasteiger partial charge in [-0.05, 0) is 79.4 Å². The zero-order chi connectivity index (χ0) is 25.3. The van der Waals surface area contributed by atoms with E-state index in [1.54, 1.807) is 0 Å². The molecule has 0 saturated carbocycles. The van der Waals surface area contributed by atoms with Crippen LogP contribution in [0.2, 0.25) is 0 Å². The average molecular weight is 547 g/mol. The number of halogens is 1. The fraction of sp³-hybridized carbons (Fsp3) is 0.0270. The highest BCUT2D eigenvalue weighted by Crippen LogP contribution is 2.64. The summed E-state index contributed by atoms with van der Waals surface area (Å²) in [5, 5.41) is 0. The van der Waals surface area contributed by atoms with Crippen molar-refractivity contribution in [2.24, 2.45) is 0 Å². The second-order valence-corrected chi connectivity index (χ2v) is 11.1. The predicted octanol–water partition coefficient (Wildman–Crippen LogP) is 10.1. The minimum absolute atomic E-state index is 0.379. The summed E-state index contributed by atoms with van der Waals surface area (Å²) in [6.07, 6.45) is 0. The van der Waals surface area contributed by atoms with Crippen LogP contribution in [0.3, 0.4) is 0 Å². The van der Waals surface area contributed by atoms with E-state index in [2.05, 4.69) is 155 Å². The fourth-order valence-electron chi connectivity index (χ4n) is 6.82. The first-order chi connectivity index (χ1) is 18.8. The Hall–Kier alpha value is -4.20. The van der Waals surface area contributed by atoms with Crippen molar-refractivity contribution < 1.29 is 0 Å². The van der Waals surface area contributed by atoms with Crippen LogP contribution in [0.4, 0.5) is 0 Å². The number of hydrogen-bond acceptors (Lipinski definition) is 0. The summed E-state index contributed by atoms with van der Waals surface area (Å²) in [5.74, 6) is 0. The Balaban J connectivity index is 1.52. The third-order valence-electron chi connectivity index (χ3n) is 8.35. The van der Waals surface area contributed by atoms with Gasteiger partial charge in [0.05, 0.1) is 5.41 Å². The van der Waals surface area contributed by atoms with E-state index in [4.69, 9.17) is 0 Å². The Labute approximate surface area is 231 Å². The van der Waals surface area contributed by atoms with Gasteiger partial charge in [0.25, 0.3) is 0 Å². The molecule has 0 radical (unpaired) electrons. The number of fused-ring (bicyclic) bond motifs is 10. The van der Waals surface area contributed by atoms with Gasteiger partial charge in [0.15, 0.2) is 0 Å². The molecule has 0 N–H and O–H groups in total. The first-order valence-corrected chi connectivity index (χ1v) is 13.9. The molecule has 0 saturated heterocycles. The lowest BCUT2D eigenvalue weighted by Crippen LogP contribution is -2.26. The predicted molar refractivity (Wildman–Crippen MR) is 161 cm³/mol. The highest BCUT2D eigenvalue weighted by Gasteiger charge is 2.52. The molecule has 0 amide bonds. The molecule has 2 aliphatic carbocycles. The van der Waals surface area contributed by atoms with Gasteiger partial charge in [0.1, 0.15) is 0 Å². The number of hydrogen-bond donors (Lipinski definition) is 0. The summed E-state index contributed by atoms with van der Waals surface area (Å²) < 4.78 is 1.14. The summed E-state index contributed by atoms with van der Waals surface area (Å²) in [5.41, 5.74) is 15.3. The van der Waals surface area contributed by atoms with E-state index in [0.717, 1.165) is 4.47 Å². The standard InChI is InChI=1S/C37H23Br/c38-35-23-27(25-13-5-2-6-14-25)22-34-36(35)30-20-19-26(24-11-3-1-4-12-24)21-33(30)37(34)31-17-9-7-15-28(31)29-16-8-10-18-32(29)37/h1-23H. The monoisotopic (exact) mass is 546 g/mol. The molecule has 0 nitrogen and oxygen atoms in total. The average Bonchev–Trinajstić information content (AvgIpc) is 3.45. The first kappa shape index (κ1) is 21.8. The summed E-state index contributed by atoms with van der Waals surface area (Å²) in [6, 6.07) is 51.2. The van der Waals surface area contributed by atoms with Crippen molar-refractivity contribution in [2.45, 2.75) is 5.41 Å². The molecule has 6 aromatic rings. The van der Waals surface area contributed by atoms with Crippen molar-refractivity contribution >= 4 is 15.9 Å². The van der Waals surface area contributed by atoms with Crippen LogP contribution in [0.5, 0.6) is 0 Å². The molecule has 1 heteroatoms. The van der Waals surface area contributed by atoms with Crippen molar-refractivity contribution in [2.75, 3.05) is 0 Å². The van der Waals surface area contributed by atoms with E-state index in [-0.39, 0.29) is 5.41 Å². The van der Waals surface area contributed by atoms with Crippen LogP contribution in [0.1, 0.15) is 22.3 Å². The summed E-state index contributed by atoms with van der Waals surface area (Å²) >= 11 is 4.04. The van der Waals surface area contributed by atoms with Gasteiger partial charge in [0.2, 0.25) is 0 Å². The van der Waals surface area contributed by atoms with Crippen LogP contribution in [0.15, 0.2) is 144 Å². The lowest BCUT2D eigenvalue weighted by Gasteiger charge is -2.31. The first-order valence-electron chi connectivity index (χ1n) is 13.1. The fourth-order valence-corrected chi connectivity index (χ4v) is 7.49. The summed E-state index contributed by atoms with van der Waals surface area (Å²) in [7, 11) is 0. The Morgan fingerprint density at radius 3 is 1.53 bits per heavy atom. The number of benzene rings is 6. The molecule has 0 aromatic heterocycles. The second-order valence-electron chi connectivity index (χ2n) is 10.2. The van der Waals surface area contributed by atoms with Crippen LogP contribution in [-0.2, 0) is 5.41 Å². The molecule has 6 aromatic carbocycles. The highest BCUT2D eigenvalue weighted by atomic mass is 79.9. The maximum Gasteiger partial charge on any atom is 0.0726 e. The van der Waals surface area contributed by atoms with Gasteiger partial charge in [0, 0.05) is 10.0 Å². The smallest absolute Gasteiger partial charge is 0.0622 e. The van der Waals surface area contributed by atoms with Crippen molar-refractivity contribution in [3.63, 3.8) is 0 Å². The van der Waals surface area contributed by atoms with E-state index in [1.807, 2.05) is 0 Å². The molecule has 0 fully saturated rings. The third kappa shape index (κ3) is 2.85. The van der Waals surface area contributed by atoms with Crippen molar-refractivity contribution in [3.05, 3.63) is 166 Å². The lowest BCUT2D eigenvalue weighted by molar-refractivity contribution is 0.794. The van der Waals surface area contributed by atoms with Crippen molar-refractivity contribution in [3.8, 4) is 44.5 Å². The van der Waals surface area contributed by atoms with Crippen LogP contribution in [0.25, 0.3) is 44.5 Å². The zero-order valence-corrected chi connectivity index (χ0v) is 22.2. The maximum absolute atomic E-state index is 4.04. The van der Waals surface area contributed by atoms with Gasteiger partial charge >= 0.3 is 0 Å². The summed E-state index contributed by atoms with van der Waals surface area (Å²) in [4.78, 5) is 0. The molecule has 8 rings (SSSR count). The second kappa shape index (κ2) is 8.15. The van der Waals surface area contributed by atoms with Crippen LogP contribution in [0, 0.1) is 0 Å². The van der Waals surface area contributed by atoms with Gasteiger partial charge < -0.3 is 0 Å². The molecule has 0 unspecified atom stereocenters. The van der Waals surface area contributed by atoms with Crippen molar-refractivity contribution in [1.82, 2.24) is 0 Å². The van der Waals surface area contributed by atoms with Gasteiger partial charge in [-0.25, -0.2) is 0 Å². The Morgan fingerprint density at radius 1 is 0.368 bits per heavy atom. The zero-order valence-electron chi connectivity index (χ0n) is 20.7. The molecule has 38 heavy (non-hydrogen) atoms. The van der Waals surface area contributed by atoms with Gasteiger partial charge in [-0.3, -0.25) is 0 Å². The molecule has 178 valence electrons. The summed E-state index contributed by atoms with van der Waals surface area (Å²) in [6.45, 7) is 0. The molecule has 2 aliphatic rings. The van der Waals surface area contributed by atoms with Gasteiger partial charge in [-0.15, -0.1) is 0 Å². The van der Waals surface area contributed by atoms with Crippen molar-refractivity contribution in [1.29, 1.82) is 0 Å². The molecular weight excluding hydrogens is 524 g/mol. The molecule has 0 aliphatic heterocycles. The lowest BCUT2D eigenvalue weighted by atomic mass is 9.70. The van der Waals surface area contributed by atoms with E-state index < -0.39 is 0 Å². The minimum atomic E-state index is -0.379. The third-order valence-corrected chi connectivity index (χ3v) is 8.98. The molecule has 0 heterocycles. The molecule has 0 bridgehead atoms. The maximum atomic E-state index is 4.04. The SMILES string of the molecule is Brc1cc(-c2ccccc2)cc2c1-c1ccc(-c3ccccc3)cc1C21c2ccccc2-c2ccccc21. The highest BCUT2D eigenvalue weighted by molar-refractivity contribution is 9.10. The minimum Gasteiger partial charge on any atom is -0.0622 e. The van der Waals surface area contributed by atoms with E-state index in [1.165, 1.54) is 66.8 Å². The molecule has 0 atom stereocenters. The van der Waals surface area contributed by atoms with Gasteiger partial charge in [-0.1, -0.05) is 137 Å². The Bertz CT molecular complexity index is 1820. The van der Waals surface area contributed by atoms with E-state index >= 15 is 0 Å². The normalized spacial score (nSPS) is 13.6. The van der Waals surface area contributed by atoms with Crippen LogP contribution < -0.4 is 0 Å². The number of rotatable bonds is 2. The quantitative estimate of drug-likeness (QED) is 0.202. The van der Waals surface area contributed by atoms with Crippen LogP contribution >= 0.6 is 15.9 Å². The van der Waals surface area contributed by atoms with Gasteiger partial charge in [-0.2, -0.15) is 0 Å². The van der Waals surface area contributed by atoms with Crippen LogP contribution in [-0.4, -0.2) is 0 Å². The largest absolute Gasteiger partial charge is 0.0726 e. The molecular formula is C37H23Br. The Kier molecular flexibility index (Phi) is 4.68. The van der Waals surface area contributed by atoms with E-state index in [0.29, 0.717) is 0 Å². The topological polar surface area (TPSA) is 0 Å². The van der Waals surface area contributed by atoms with E-state index in [9.17, 15) is 0 Å².